The van der Waals surface area contributed by atoms with Crippen molar-refractivity contribution in [1.29, 1.82) is 0 Å². The third-order valence-electron chi connectivity index (χ3n) is 2.87. The number of hydrogen-bond donors (Lipinski definition) is 1. The zero-order valence-electron chi connectivity index (χ0n) is 9.94. The van der Waals surface area contributed by atoms with Crippen LogP contribution < -0.4 is 5.73 Å². The number of thioether (sulfide) groups is 1. The third kappa shape index (κ3) is 4.80. The van der Waals surface area contributed by atoms with Gasteiger partial charge in [-0.3, -0.25) is 0 Å². The van der Waals surface area contributed by atoms with Gasteiger partial charge in [0.2, 0.25) is 0 Å². The Labute approximate surface area is 129 Å². The molecular weight excluding hydrogens is 311 g/mol. The molecule has 0 aliphatic carbocycles. The van der Waals surface area contributed by atoms with E-state index in [1.165, 1.54) is 0 Å². The average Bonchev–Trinajstić information content (AvgIpc) is 2.69. The monoisotopic (exact) mass is 326 g/mol. The Morgan fingerprint density at radius 3 is 2.83 bits per heavy atom. The van der Waals surface area contributed by atoms with E-state index in [-0.39, 0.29) is 12.4 Å². The third-order valence-corrected chi connectivity index (χ3v) is 4.58. The van der Waals surface area contributed by atoms with Crippen LogP contribution in [0.3, 0.4) is 0 Å². The van der Waals surface area contributed by atoms with Crippen molar-refractivity contribution in [2.24, 2.45) is 5.73 Å². The first-order valence-corrected chi connectivity index (χ1v) is 7.45. The highest BCUT2D eigenvalue weighted by Gasteiger charge is 2.18. The van der Waals surface area contributed by atoms with E-state index in [1.807, 2.05) is 18.2 Å². The van der Waals surface area contributed by atoms with E-state index in [2.05, 4.69) is 4.90 Å². The number of nitrogens with two attached hydrogens (primary N) is 1. The quantitative estimate of drug-likeness (QED) is 0.858. The van der Waals surface area contributed by atoms with Crippen molar-refractivity contribution in [3.8, 4) is 0 Å². The summed E-state index contributed by atoms with van der Waals surface area (Å²) in [6.07, 6.45) is 1.11. The Bertz CT molecular complexity index is 390. The predicted molar refractivity (Wildman–Crippen MR) is 83.5 cm³/mol. The van der Waals surface area contributed by atoms with Gasteiger partial charge in [-0.1, -0.05) is 23.2 Å². The number of halogens is 3. The number of rotatable bonds is 4. The molecule has 0 radical (unpaired) electrons. The summed E-state index contributed by atoms with van der Waals surface area (Å²) in [5, 5.41) is 1.51. The maximum absolute atomic E-state index is 6.10. The van der Waals surface area contributed by atoms with Crippen molar-refractivity contribution in [2.75, 3.05) is 25.4 Å². The van der Waals surface area contributed by atoms with Crippen LogP contribution in [0.15, 0.2) is 23.1 Å². The van der Waals surface area contributed by atoms with Crippen LogP contribution in [0.5, 0.6) is 0 Å². The van der Waals surface area contributed by atoms with Crippen molar-refractivity contribution >= 4 is 47.4 Å². The summed E-state index contributed by atoms with van der Waals surface area (Å²) in [6.45, 7) is 3.19. The SMILES string of the molecule is Cl.NC1CCN(CCSc2cc(Cl)ccc2Cl)C1. The molecule has 0 saturated carbocycles. The largest absolute Gasteiger partial charge is 0.326 e. The number of benzene rings is 1. The van der Waals surface area contributed by atoms with Gasteiger partial charge < -0.3 is 10.6 Å². The predicted octanol–water partition coefficient (Wildman–Crippen LogP) is 3.54. The molecule has 2 nitrogen and oxygen atoms in total. The van der Waals surface area contributed by atoms with Gasteiger partial charge in [0.05, 0.1) is 5.02 Å². The van der Waals surface area contributed by atoms with Gasteiger partial charge in [0.1, 0.15) is 0 Å². The van der Waals surface area contributed by atoms with Crippen molar-refractivity contribution in [2.45, 2.75) is 17.4 Å². The van der Waals surface area contributed by atoms with Gasteiger partial charge >= 0.3 is 0 Å². The molecule has 1 atom stereocenters. The Morgan fingerprint density at radius 2 is 2.17 bits per heavy atom. The van der Waals surface area contributed by atoms with E-state index >= 15 is 0 Å². The molecule has 102 valence electrons. The lowest BCUT2D eigenvalue weighted by molar-refractivity contribution is 0.357. The Balaban J connectivity index is 0.00000162. The zero-order chi connectivity index (χ0) is 12.3. The summed E-state index contributed by atoms with van der Waals surface area (Å²) in [5.74, 6) is 1.02. The fourth-order valence-corrected chi connectivity index (χ4v) is 3.44. The van der Waals surface area contributed by atoms with E-state index in [0.29, 0.717) is 6.04 Å². The molecule has 1 aliphatic rings. The van der Waals surface area contributed by atoms with E-state index in [0.717, 1.165) is 46.7 Å². The van der Waals surface area contributed by atoms with Crippen LogP contribution in [0.1, 0.15) is 6.42 Å². The average molecular weight is 328 g/mol. The van der Waals surface area contributed by atoms with Crippen molar-refractivity contribution in [1.82, 2.24) is 4.90 Å². The van der Waals surface area contributed by atoms with E-state index in [1.54, 1.807) is 11.8 Å². The molecule has 1 fully saturated rings. The molecular formula is C12H17Cl3N2S. The van der Waals surface area contributed by atoms with Gasteiger partial charge in [-0.15, -0.1) is 24.2 Å². The van der Waals surface area contributed by atoms with Gasteiger partial charge in [0, 0.05) is 34.8 Å². The number of nitrogens with zero attached hydrogens (tertiary/aromatic N) is 1. The van der Waals surface area contributed by atoms with Crippen LogP contribution in [0, 0.1) is 0 Å². The minimum Gasteiger partial charge on any atom is -0.326 e. The highest BCUT2D eigenvalue weighted by molar-refractivity contribution is 7.99. The smallest absolute Gasteiger partial charge is 0.0542 e. The van der Waals surface area contributed by atoms with Gasteiger partial charge in [-0.05, 0) is 31.2 Å². The molecule has 0 aromatic heterocycles. The Kier molecular flexibility index (Phi) is 7.14. The van der Waals surface area contributed by atoms with Gasteiger partial charge in [-0.25, -0.2) is 0 Å². The second-order valence-corrected chi connectivity index (χ2v) is 6.25. The highest BCUT2D eigenvalue weighted by atomic mass is 35.5. The lowest BCUT2D eigenvalue weighted by Gasteiger charge is -2.14. The number of hydrogen-bond acceptors (Lipinski definition) is 3. The normalized spacial score (nSPS) is 19.8. The van der Waals surface area contributed by atoms with Gasteiger partial charge in [0.25, 0.3) is 0 Å². The van der Waals surface area contributed by atoms with E-state index in [9.17, 15) is 0 Å². The van der Waals surface area contributed by atoms with Gasteiger partial charge in [0.15, 0.2) is 0 Å². The molecule has 0 bridgehead atoms. The first-order valence-electron chi connectivity index (χ1n) is 5.71. The van der Waals surface area contributed by atoms with Crippen LogP contribution in [0.4, 0.5) is 0 Å². The summed E-state index contributed by atoms with van der Waals surface area (Å²) in [4.78, 5) is 3.46. The highest BCUT2D eigenvalue weighted by Crippen LogP contribution is 2.29. The topological polar surface area (TPSA) is 29.3 Å². The molecule has 1 aromatic carbocycles. The van der Waals surface area contributed by atoms with Crippen molar-refractivity contribution in [3.63, 3.8) is 0 Å². The summed E-state index contributed by atoms with van der Waals surface area (Å²) in [7, 11) is 0. The lowest BCUT2D eigenvalue weighted by Crippen LogP contribution is -2.28. The molecule has 6 heteroatoms. The van der Waals surface area contributed by atoms with Crippen LogP contribution in [0.25, 0.3) is 0 Å². The molecule has 2 rings (SSSR count). The molecule has 0 amide bonds. The number of likely N-dealkylation sites (tertiary alicyclic amines) is 1. The Hall–Kier alpha value is 0.360. The summed E-state index contributed by atoms with van der Waals surface area (Å²) in [5.41, 5.74) is 5.86. The van der Waals surface area contributed by atoms with Gasteiger partial charge in [-0.2, -0.15) is 0 Å². The molecule has 18 heavy (non-hydrogen) atoms. The van der Waals surface area contributed by atoms with Crippen LogP contribution in [0.2, 0.25) is 10.0 Å². The summed E-state index contributed by atoms with van der Waals surface area (Å²) >= 11 is 13.8. The summed E-state index contributed by atoms with van der Waals surface area (Å²) < 4.78 is 0. The summed E-state index contributed by atoms with van der Waals surface area (Å²) in [6, 6.07) is 5.94. The van der Waals surface area contributed by atoms with Crippen LogP contribution in [-0.2, 0) is 0 Å². The molecule has 1 aliphatic heterocycles. The van der Waals surface area contributed by atoms with Crippen LogP contribution in [-0.4, -0.2) is 36.3 Å². The standard InChI is InChI=1S/C12H16Cl2N2S.ClH/c13-9-1-2-11(14)12(7-9)17-6-5-16-4-3-10(15)8-16;/h1-2,7,10H,3-6,8,15H2;1H. The van der Waals surface area contributed by atoms with E-state index < -0.39 is 0 Å². The molecule has 1 heterocycles. The lowest BCUT2D eigenvalue weighted by atomic mass is 10.3. The molecule has 1 unspecified atom stereocenters. The molecule has 1 saturated heterocycles. The van der Waals surface area contributed by atoms with Crippen LogP contribution >= 0.6 is 47.4 Å². The molecule has 2 N–H and O–H groups in total. The van der Waals surface area contributed by atoms with E-state index in [4.69, 9.17) is 28.9 Å². The Morgan fingerprint density at radius 1 is 1.39 bits per heavy atom. The molecule has 1 aromatic rings. The maximum Gasteiger partial charge on any atom is 0.0542 e. The first kappa shape index (κ1) is 16.4. The minimum atomic E-state index is 0. The van der Waals surface area contributed by atoms with Crippen molar-refractivity contribution < 1.29 is 0 Å². The maximum atomic E-state index is 6.10. The first-order chi connectivity index (χ1) is 8.15. The minimum absolute atomic E-state index is 0. The fourth-order valence-electron chi connectivity index (χ4n) is 1.94. The fraction of sp³-hybridized carbons (Fsp3) is 0.500. The second kappa shape index (κ2) is 7.83. The zero-order valence-corrected chi connectivity index (χ0v) is 13.1. The second-order valence-electron chi connectivity index (χ2n) is 4.27. The molecule has 0 spiro atoms. The van der Waals surface area contributed by atoms with Crippen molar-refractivity contribution in [3.05, 3.63) is 28.2 Å².